The first-order valence-electron chi connectivity index (χ1n) is 6.01. The first-order valence-corrected chi connectivity index (χ1v) is 6.01. The van der Waals surface area contributed by atoms with Crippen molar-refractivity contribution < 1.29 is 0 Å². The lowest BCUT2D eigenvalue weighted by Gasteiger charge is -2.20. The second kappa shape index (κ2) is 3.36. The summed E-state index contributed by atoms with van der Waals surface area (Å²) >= 11 is 0. The van der Waals surface area contributed by atoms with Crippen LogP contribution in [0, 0.1) is 0 Å². The van der Waals surface area contributed by atoms with Crippen molar-refractivity contribution in [2.24, 2.45) is 0 Å². The maximum Gasteiger partial charge on any atom is 0.109 e. The molecule has 0 fully saturated rings. The Bertz CT molecular complexity index is 367. The third kappa shape index (κ3) is 1.70. The molecule has 1 aromatic heterocycles. The number of hydrogen-bond donors (Lipinski definition) is 0. The van der Waals surface area contributed by atoms with Gasteiger partial charge in [-0.3, -0.25) is 0 Å². The maximum absolute atomic E-state index is 4.85. The Kier molecular flexibility index (Phi) is 2.40. The summed E-state index contributed by atoms with van der Waals surface area (Å²) in [6.07, 6.45) is 2.43. The van der Waals surface area contributed by atoms with Crippen LogP contribution in [0.2, 0.25) is 0 Å². The monoisotopic (exact) mass is 206 g/mol. The van der Waals surface area contributed by atoms with Crippen molar-refractivity contribution in [3.63, 3.8) is 0 Å². The highest BCUT2D eigenvalue weighted by Crippen LogP contribution is 2.33. The highest BCUT2D eigenvalue weighted by Gasteiger charge is 2.29. The molecule has 0 aliphatic carbocycles. The molecule has 0 spiro atoms. The number of aromatic nitrogens is 2. The number of fused-ring (bicyclic) bond motifs is 1. The number of imidazole rings is 1. The Hall–Kier alpha value is -0.790. The van der Waals surface area contributed by atoms with Gasteiger partial charge in [0.25, 0.3) is 0 Å². The summed E-state index contributed by atoms with van der Waals surface area (Å²) in [5, 5.41) is 0. The summed E-state index contributed by atoms with van der Waals surface area (Å²) in [7, 11) is 0. The summed E-state index contributed by atoms with van der Waals surface area (Å²) in [4.78, 5) is 4.85. The minimum Gasteiger partial charge on any atom is -0.331 e. The molecule has 0 saturated heterocycles. The van der Waals surface area contributed by atoms with Crippen LogP contribution >= 0.6 is 0 Å². The summed E-state index contributed by atoms with van der Waals surface area (Å²) < 4.78 is 2.45. The van der Waals surface area contributed by atoms with Gasteiger partial charge in [0.1, 0.15) is 5.82 Å². The van der Waals surface area contributed by atoms with E-state index in [1.54, 1.807) is 0 Å². The lowest BCUT2D eigenvalue weighted by molar-refractivity contribution is 0.546. The van der Waals surface area contributed by atoms with E-state index in [1.165, 1.54) is 30.2 Å². The zero-order chi connectivity index (χ0) is 11.2. The Morgan fingerprint density at radius 1 is 1.27 bits per heavy atom. The first kappa shape index (κ1) is 10.7. The summed E-state index contributed by atoms with van der Waals surface area (Å²) in [6, 6.07) is 0. The molecule has 0 bridgehead atoms. The minimum atomic E-state index is 0.178. The maximum atomic E-state index is 4.85. The van der Waals surface area contributed by atoms with Crippen LogP contribution in [0.4, 0.5) is 0 Å². The van der Waals surface area contributed by atoms with Crippen molar-refractivity contribution >= 4 is 0 Å². The predicted octanol–water partition coefficient (Wildman–Crippen LogP) is 3.25. The van der Waals surface area contributed by atoms with Crippen molar-refractivity contribution in [3.05, 3.63) is 17.2 Å². The van der Waals surface area contributed by atoms with Crippen LogP contribution in [-0.2, 0) is 18.4 Å². The van der Waals surface area contributed by atoms with Gasteiger partial charge in [-0.25, -0.2) is 4.98 Å². The van der Waals surface area contributed by atoms with E-state index in [9.17, 15) is 0 Å². The van der Waals surface area contributed by atoms with E-state index in [0.29, 0.717) is 5.92 Å². The normalized spacial score (nSPS) is 16.1. The van der Waals surface area contributed by atoms with Gasteiger partial charge in [0.05, 0.1) is 5.69 Å². The van der Waals surface area contributed by atoms with Gasteiger partial charge >= 0.3 is 0 Å². The van der Waals surface area contributed by atoms with E-state index >= 15 is 0 Å². The zero-order valence-electron chi connectivity index (χ0n) is 10.6. The molecule has 0 amide bonds. The van der Waals surface area contributed by atoms with Crippen LogP contribution in [0.3, 0.4) is 0 Å². The molecule has 0 aromatic carbocycles. The quantitative estimate of drug-likeness (QED) is 0.689. The van der Waals surface area contributed by atoms with Crippen LogP contribution in [0.15, 0.2) is 0 Å². The van der Waals surface area contributed by atoms with Gasteiger partial charge < -0.3 is 4.57 Å². The van der Waals surface area contributed by atoms with Crippen molar-refractivity contribution in [2.75, 3.05) is 0 Å². The van der Waals surface area contributed by atoms with Gasteiger partial charge in [-0.15, -0.1) is 0 Å². The van der Waals surface area contributed by atoms with E-state index in [1.807, 2.05) is 0 Å². The van der Waals surface area contributed by atoms with E-state index in [2.05, 4.69) is 39.2 Å². The molecule has 2 heteroatoms. The largest absolute Gasteiger partial charge is 0.331 e. The SMILES string of the molecule is CC(C)c1c(C(C)(C)C)nc2n1CCC2. The van der Waals surface area contributed by atoms with Crippen molar-refractivity contribution in [1.82, 2.24) is 9.55 Å². The Morgan fingerprint density at radius 3 is 2.47 bits per heavy atom. The third-order valence-corrected chi connectivity index (χ3v) is 3.13. The van der Waals surface area contributed by atoms with E-state index in [0.717, 1.165) is 6.42 Å². The van der Waals surface area contributed by atoms with Crippen molar-refractivity contribution in [2.45, 2.75) is 65.3 Å². The predicted molar refractivity (Wildman–Crippen MR) is 63.3 cm³/mol. The molecular weight excluding hydrogens is 184 g/mol. The van der Waals surface area contributed by atoms with Gasteiger partial charge in [0, 0.05) is 24.1 Å². The highest BCUT2D eigenvalue weighted by molar-refractivity contribution is 5.28. The second-order valence-corrected chi connectivity index (χ2v) is 5.92. The number of rotatable bonds is 1. The number of hydrogen-bond acceptors (Lipinski definition) is 1. The fourth-order valence-corrected chi connectivity index (χ4v) is 2.49. The number of nitrogens with zero attached hydrogens (tertiary/aromatic N) is 2. The van der Waals surface area contributed by atoms with Crippen LogP contribution in [0.5, 0.6) is 0 Å². The molecule has 2 nitrogen and oxygen atoms in total. The molecule has 0 unspecified atom stereocenters. The average Bonchev–Trinajstić information content (AvgIpc) is 2.56. The molecular formula is C13H22N2. The summed E-state index contributed by atoms with van der Waals surface area (Å²) in [5.74, 6) is 1.89. The minimum absolute atomic E-state index is 0.178. The number of aryl methyl sites for hydroxylation is 1. The van der Waals surface area contributed by atoms with Crippen LogP contribution in [0.1, 0.15) is 64.2 Å². The molecule has 0 radical (unpaired) electrons. The van der Waals surface area contributed by atoms with Crippen molar-refractivity contribution in [3.8, 4) is 0 Å². The average molecular weight is 206 g/mol. The molecule has 84 valence electrons. The molecule has 15 heavy (non-hydrogen) atoms. The standard InChI is InChI=1S/C13H22N2/c1-9(2)11-12(13(3,4)5)14-10-7-6-8-15(10)11/h9H,6-8H2,1-5H3. The Labute approximate surface area is 92.7 Å². The van der Waals surface area contributed by atoms with Gasteiger partial charge in [-0.2, -0.15) is 0 Å². The van der Waals surface area contributed by atoms with E-state index in [-0.39, 0.29) is 5.41 Å². The Balaban J connectivity index is 2.56. The van der Waals surface area contributed by atoms with Crippen LogP contribution in [0.25, 0.3) is 0 Å². The van der Waals surface area contributed by atoms with E-state index < -0.39 is 0 Å². The van der Waals surface area contributed by atoms with Crippen molar-refractivity contribution in [1.29, 1.82) is 0 Å². The third-order valence-electron chi connectivity index (χ3n) is 3.13. The van der Waals surface area contributed by atoms with Crippen LogP contribution < -0.4 is 0 Å². The van der Waals surface area contributed by atoms with Gasteiger partial charge in [0.2, 0.25) is 0 Å². The molecule has 0 N–H and O–H groups in total. The van der Waals surface area contributed by atoms with Gasteiger partial charge in [-0.1, -0.05) is 34.6 Å². The molecule has 1 aromatic rings. The topological polar surface area (TPSA) is 17.8 Å². The summed E-state index contributed by atoms with van der Waals surface area (Å²) in [5.41, 5.74) is 2.96. The highest BCUT2D eigenvalue weighted by atomic mass is 15.1. The van der Waals surface area contributed by atoms with Gasteiger partial charge in [0.15, 0.2) is 0 Å². The lowest BCUT2D eigenvalue weighted by atomic mass is 9.88. The molecule has 2 rings (SSSR count). The van der Waals surface area contributed by atoms with E-state index in [4.69, 9.17) is 4.98 Å². The fourth-order valence-electron chi connectivity index (χ4n) is 2.49. The zero-order valence-corrected chi connectivity index (χ0v) is 10.6. The smallest absolute Gasteiger partial charge is 0.109 e. The molecule has 0 saturated carbocycles. The molecule has 1 aliphatic rings. The molecule has 1 aliphatic heterocycles. The first-order chi connectivity index (χ1) is 6.91. The van der Waals surface area contributed by atoms with Gasteiger partial charge in [-0.05, 0) is 12.3 Å². The Morgan fingerprint density at radius 2 is 1.93 bits per heavy atom. The fraction of sp³-hybridized carbons (Fsp3) is 0.769. The lowest BCUT2D eigenvalue weighted by Crippen LogP contribution is -2.16. The second-order valence-electron chi connectivity index (χ2n) is 5.92. The van der Waals surface area contributed by atoms with Crippen LogP contribution in [-0.4, -0.2) is 9.55 Å². The molecule has 2 heterocycles. The molecule has 0 atom stereocenters. The summed E-state index contributed by atoms with van der Waals surface area (Å²) in [6.45, 7) is 12.5.